The Bertz CT molecular complexity index is 1010. The average molecular weight is 276 g/mol. The number of rotatable bonds is 1. The lowest BCUT2D eigenvalue weighted by molar-refractivity contribution is 0.876. The van der Waals surface area contributed by atoms with Gasteiger partial charge >= 0.3 is 0 Å². The van der Waals surface area contributed by atoms with E-state index in [1.807, 2.05) is 54.6 Å². The summed E-state index contributed by atoms with van der Waals surface area (Å²) in [6.45, 7) is 0. The zero-order chi connectivity index (χ0) is 14.4. The van der Waals surface area contributed by atoms with E-state index in [1.165, 1.54) is 0 Å². The van der Waals surface area contributed by atoms with Gasteiger partial charge in [0, 0.05) is 12.6 Å². The quantitative estimate of drug-likeness (QED) is 0.536. The molecule has 4 rings (SSSR count). The first-order valence-electron chi connectivity index (χ1n) is 6.65. The lowest BCUT2D eigenvalue weighted by atomic mass is 10.2. The van der Waals surface area contributed by atoms with Crippen LogP contribution in [0.1, 0.15) is 0 Å². The number of fused-ring (bicyclic) bond motifs is 3. The molecule has 0 amide bonds. The first-order chi connectivity index (χ1) is 10.3. The Morgan fingerprint density at radius 3 is 2.33 bits per heavy atom. The van der Waals surface area contributed by atoms with Crippen LogP contribution in [0.3, 0.4) is 0 Å². The number of benzene rings is 2. The molecule has 2 heterocycles. The van der Waals surface area contributed by atoms with Crippen molar-refractivity contribution in [3.8, 4) is 11.4 Å². The Hall–Kier alpha value is -2.95. The summed E-state index contributed by atoms with van der Waals surface area (Å²) < 4.78 is 3.23. The van der Waals surface area contributed by atoms with Crippen LogP contribution in [-0.4, -0.2) is 19.2 Å². The first-order valence-corrected chi connectivity index (χ1v) is 6.65. The zero-order valence-corrected chi connectivity index (χ0v) is 11.4. The molecule has 0 saturated heterocycles. The second kappa shape index (κ2) is 4.28. The highest BCUT2D eigenvalue weighted by molar-refractivity contribution is 5.78. The molecular formula is C16H12N4O. The van der Waals surface area contributed by atoms with Crippen LogP contribution in [0, 0.1) is 0 Å². The molecule has 0 bridgehead atoms. The molecule has 0 N–H and O–H groups in total. The first kappa shape index (κ1) is 11.8. The molecule has 2 aromatic heterocycles. The van der Waals surface area contributed by atoms with Crippen LogP contribution < -0.4 is 5.56 Å². The van der Waals surface area contributed by atoms with Gasteiger partial charge in [-0.3, -0.25) is 4.79 Å². The Morgan fingerprint density at radius 2 is 1.57 bits per heavy atom. The minimum Gasteiger partial charge on any atom is -0.307 e. The third-order valence-corrected chi connectivity index (χ3v) is 3.61. The summed E-state index contributed by atoms with van der Waals surface area (Å²) in [5.74, 6) is 0.559. The molecule has 0 aliphatic rings. The van der Waals surface area contributed by atoms with Crippen LogP contribution in [0.5, 0.6) is 0 Å². The number of aryl methyl sites for hydroxylation is 1. The molecule has 0 radical (unpaired) electrons. The van der Waals surface area contributed by atoms with E-state index in [9.17, 15) is 4.79 Å². The van der Waals surface area contributed by atoms with E-state index in [-0.39, 0.29) is 5.56 Å². The summed E-state index contributed by atoms with van der Waals surface area (Å²) in [4.78, 5) is 16.8. The minimum atomic E-state index is -0.150. The van der Waals surface area contributed by atoms with E-state index in [4.69, 9.17) is 0 Å². The predicted octanol–water partition coefficient (Wildman–Crippen LogP) is 2.25. The van der Waals surface area contributed by atoms with Crippen molar-refractivity contribution in [2.24, 2.45) is 7.05 Å². The Labute approximate surface area is 120 Å². The number of hydrogen-bond acceptors (Lipinski definition) is 3. The third-order valence-electron chi connectivity index (χ3n) is 3.61. The summed E-state index contributed by atoms with van der Waals surface area (Å²) in [6, 6.07) is 17.3. The molecule has 0 saturated carbocycles. The lowest BCUT2D eigenvalue weighted by Gasteiger charge is -2.05. The second-order valence-corrected chi connectivity index (χ2v) is 4.89. The van der Waals surface area contributed by atoms with Gasteiger partial charge in [0.2, 0.25) is 5.65 Å². The van der Waals surface area contributed by atoms with E-state index in [1.54, 1.807) is 16.1 Å². The summed E-state index contributed by atoms with van der Waals surface area (Å²) >= 11 is 0. The van der Waals surface area contributed by atoms with Crippen molar-refractivity contribution in [1.29, 1.82) is 0 Å². The van der Waals surface area contributed by atoms with Gasteiger partial charge in [-0.05, 0) is 12.1 Å². The Kier molecular flexibility index (Phi) is 2.41. The standard InChI is InChI=1S/C16H12N4O/c1-19-12-9-5-6-10-13(12)20-15(16(19)21)17-14(18-20)11-7-3-2-4-8-11/h2-10H,1H3. The molecule has 2 aromatic carbocycles. The molecule has 5 heteroatoms. The molecule has 102 valence electrons. The maximum atomic E-state index is 12.4. The molecule has 5 nitrogen and oxygen atoms in total. The second-order valence-electron chi connectivity index (χ2n) is 4.89. The van der Waals surface area contributed by atoms with Crippen LogP contribution in [0.15, 0.2) is 59.4 Å². The fraction of sp³-hybridized carbons (Fsp3) is 0.0625. The molecule has 4 aromatic rings. The van der Waals surface area contributed by atoms with Crippen molar-refractivity contribution >= 4 is 16.7 Å². The predicted molar refractivity (Wildman–Crippen MR) is 81.2 cm³/mol. The van der Waals surface area contributed by atoms with Crippen LogP contribution in [0.2, 0.25) is 0 Å². The van der Waals surface area contributed by atoms with Gasteiger partial charge in [-0.1, -0.05) is 42.5 Å². The van der Waals surface area contributed by atoms with E-state index in [0.717, 1.165) is 16.6 Å². The van der Waals surface area contributed by atoms with Crippen molar-refractivity contribution in [2.45, 2.75) is 0 Å². The average Bonchev–Trinajstić information content (AvgIpc) is 2.99. The van der Waals surface area contributed by atoms with Gasteiger partial charge in [0.15, 0.2) is 5.82 Å². The molecule has 0 aliphatic heterocycles. The van der Waals surface area contributed by atoms with Crippen molar-refractivity contribution in [2.75, 3.05) is 0 Å². The maximum Gasteiger partial charge on any atom is 0.296 e. The minimum absolute atomic E-state index is 0.150. The van der Waals surface area contributed by atoms with Gasteiger partial charge in [-0.2, -0.15) is 0 Å². The van der Waals surface area contributed by atoms with Gasteiger partial charge in [0.1, 0.15) is 0 Å². The lowest BCUT2D eigenvalue weighted by Crippen LogP contribution is -2.20. The van der Waals surface area contributed by atoms with Gasteiger partial charge in [-0.25, -0.2) is 9.50 Å². The summed E-state index contributed by atoms with van der Waals surface area (Å²) in [5, 5.41) is 4.51. The van der Waals surface area contributed by atoms with Crippen LogP contribution in [-0.2, 0) is 7.05 Å². The van der Waals surface area contributed by atoms with Crippen molar-refractivity contribution in [3.63, 3.8) is 0 Å². The zero-order valence-electron chi connectivity index (χ0n) is 11.4. The van der Waals surface area contributed by atoms with Crippen LogP contribution in [0.4, 0.5) is 0 Å². The molecule has 21 heavy (non-hydrogen) atoms. The molecule has 0 atom stereocenters. The van der Waals surface area contributed by atoms with Crippen LogP contribution in [0.25, 0.3) is 28.1 Å². The highest BCUT2D eigenvalue weighted by Crippen LogP contribution is 2.17. The van der Waals surface area contributed by atoms with Crippen molar-refractivity contribution < 1.29 is 0 Å². The number of hydrogen-bond donors (Lipinski definition) is 0. The molecule has 0 spiro atoms. The van der Waals surface area contributed by atoms with Crippen LogP contribution >= 0.6 is 0 Å². The van der Waals surface area contributed by atoms with Gasteiger partial charge in [-0.15, -0.1) is 5.10 Å². The molecule has 0 fully saturated rings. The van der Waals surface area contributed by atoms with E-state index < -0.39 is 0 Å². The van der Waals surface area contributed by atoms with Gasteiger partial charge < -0.3 is 4.57 Å². The number of para-hydroxylation sites is 2. The summed E-state index contributed by atoms with van der Waals surface area (Å²) in [6.07, 6.45) is 0. The van der Waals surface area contributed by atoms with Crippen molar-refractivity contribution in [3.05, 3.63) is 65.0 Å². The Morgan fingerprint density at radius 1 is 0.905 bits per heavy atom. The molecule has 0 unspecified atom stereocenters. The fourth-order valence-corrected chi connectivity index (χ4v) is 2.51. The van der Waals surface area contributed by atoms with E-state index >= 15 is 0 Å². The normalized spacial score (nSPS) is 11.3. The Balaban J connectivity index is 2.15. The van der Waals surface area contributed by atoms with E-state index in [2.05, 4.69) is 10.1 Å². The summed E-state index contributed by atoms with van der Waals surface area (Å²) in [7, 11) is 1.75. The smallest absolute Gasteiger partial charge is 0.296 e. The van der Waals surface area contributed by atoms with Crippen molar-refractivity contribution in [1.82, 2.24) is 19.2 Å². The number of aromatic nitrogens is 4. The largest absolute Gasteiger partial charge is 0.307 e. The summed E-state index contributed by atoms with van der Waals surface area (Å²) in [5.41, 5.74) is 2.79. The SMILES string of the molecule is Cn1c(=O)c2nc(-c3ccccc3)nn2c2ccccc21. The third kappa shape index (κ3) is 1.67. The topological polar surface area (TPSA) is 52.2 Å². The highest BCUT2D eigenvalue weighted by atomic mass is 16.1. The molecular weight excluding hydrogens is 264 g/mol. The van der Waals surface area contributed by atoms with Gasteiger partial charge in [0.05, 0.1) is 11.0 Å². The maximum absolute atomic E-state index is 12.4. The van der Waals surface area contributed by atoms with E-state index in [0.29, 0.717) is 11.5 Å². The fourth-order valence-electron chi connectivity index (χ4n) is 2.51. The van der Waals surface area contributed by atoms with Gasteiger partial charge in [0.25, 0.3) is 5.56 Å². The molecule has 0 aliphatic carbocycles. The monoisotopic (exact) mass is 276 g/mol. The number of nitrogens with zero attached hydrogens (tertiary/aromatic N) is 4. The highest BCUT2D eigenvalue weighted by Gasteiger charge is 2.13.